The van der Waals surface area contributed by atoms with Crippen molar-refractivity contribution in [3.63, 3.8) is 0 Å². The number of fused-ring (bicyclic) bond motifs is 2. The highest BCUT2D eigenvalue weighted by molar-refractivity contribution is 7.07. The minimum Gasteiger partial charge on any atom is -0.449 e. The molecular formula is C28H34N6O4S. The summed E-state index contributed by atoms with van der Waals surface area (Å²) in [6.07, 6.45) is 3.96. The first kappa shape index (κ1) is 27.2. The monoisotopic (exact) mass is 550 g/mol. The van der Waals surface area contributed by atoms with Gasteiger partial charge in [-0.05, 0) is 66.4 Å². The molecule has 4 aromatic rings. The van der Waals surface area contributed by atoms with E-state index < -0.39 is 23.7 Å². The van der Waals surface area contributed by atoms with Crippen molar-refractivity contribution in [3.8, 4) is 0 Å². The molecule has 0 saturated heterocycles. The number of hydrogen-bond acceptors (Lipinski definition) is 10. The molecule has 1 aliphatic rings. The molecule has 0 unspecified atom stereocenters. The maximum atomic E-state index is 12.1. The van der Waals surface area contributed by atoms with Crippen molar-refractivity contribution in [3.05, 3.63) is 47.1 Å². The Morgan fingerprint density at radius 3 is 2.85 bits per heavy atom. The molecule has 11 heteroatoms. The maximum Gasteiger partial charge on any atom is 0.412 e. The van der Waals surface area contributed by atoms with Crippen molar-refractivity contribution in [1.82, 2.24) is 19.3 Å². The van der Waals surface area contributed by atoms with E-state index in [0.717, 1.165) is 40.6 Å². The zero-order valence-electron chi connectivity index (χ0n) is 22.1. The number of pyridine rings is 1. The molecule has 4 atom stereocenters. The van der Waals surface area contributed by atoms with Gasteiger partial charge in [0.05, 0.1) is 29.2 Å². The highest BCUT2D eigenvalue weighted by Gasteiger charge is 2.50. The lowest BCUT2D eigenvalue weighted by Crippen LogP contribution is -2.34. The Morgan fingerprint density at radius 2 is 2.03 bits per heavy atom. The van der Waals surface area contributed by atoms with Crippen LogP contribution < -0.4 is 11.1 Å². The van der Waals surface area contributed by atoms with Crippen LogP contribution in [-0.2, 0) is 11.2 Å². The van der Waals surface area contributed by atoms with Crippen LogP contribution in [0.2, 0.25) is 0 Å². The molecule has 5 rings (SSSR count). The van der Waals surface area contributed by atoms with Crippen molar-refractivity contribution in [2.75, 3.05) is 17.7 Å². The van der Waals surface area contributed by atoms with E-state index in [-0.39, 0.29) is 5.92 Å². The van der Waals surface area contributed by atoms with Crippen molar-refractivity contribution in [2.24, 2.45) is 5.41 Å². The molecule has 1 aromatic carbocycles. The van der Waals surface area contributed by atoms with Crippen LogP contribution >= 0.6 is 11.5 Å². The fourth-order valence-corrected chi connectivity index (χ4v) is 6.36. The number of aliphatic hydroxyl groups excluding tert-OH is 2. The maximum absolute atomic E-state index is 12.1. The van der Waals surface area contributed by atoms with Gasteiger partial charge in [-0.3, -0.25) is 5.32 Å². The smallest absolute Gasteiger partial charge is 0.412 e. The van der Waals surface area contributed by atoms with Gasteiger partial charge in [-0.1, -0.05) is 38.8 Å². The number of amides is 1. The number of carbonyl (C=O) groups excluding carboxylic acids is 1. The Labute approximate surface area is 230 Å². The lowest BCUT2D eigenvalue weighted by Gasteiger charge is -2.28. The number of aliphatic hydroxyl groups is 2. The number of aromatic nitrogens is 4. The number of nitrogens with zero attached hydrogens (tertiary/aromatic N) is 4. The number of ether oxygens (including phenoxy) is 1. The number of benzene rings is 1. The van der Waals surface area contributed by atoms with Crippen LogP contribution in [0.1, 0.15) is 62.3 Å². The van der Waals surface area contributed by atoms with Crippen molar-refractivity contribution in [1.29, 1.82) is 0 Å². The van der Waals surface area contributed by atoms with Crippen LogP contribution in [-0.4, -0.2) is 54.4 Å². The number of rotatable bonds is 9. The summed E-state index contributed by atoms with van der Waals surface area (Å²) in [6.45, 7) is 4.50. The van der Waals surface area contributed by atoms with Crippen LogP contribution in [0.3, 0.4) is 0 Å². The Kier molecular flexibility index (Phi) is 7.92. The molecule has 1 aliphatic carbocycles. The van der Waals surface area contributed by atoms with Gasteiger partial charge in [0, 0.05) is 11.3 Å². The summed E-state index contributed by atoms with van der Waals surface area (Å²) in [5, 5.41) is 25.8. The standard InChI is InChI=1S/C28H34N6O4S/c1-3-4-5-12-38-27(37)33-20-9-8-17-7-6-16(13-19(17)32-20)10-11-28(2)14-18(23(35)25(28)36)24-21-22(34-39-24)26(29)31-15-30-21/h6-9,13,15,18,23,25,35-36H,3-5,10-12,14H2,1-2H3,(H2,29,30,31)(H,32,33,37)/t18-,23+,25+,28+/m1/s1. The molecule has 0 radical (unpaired) electrons. The normalized spacial score (nSPS) is 22.9. The largest absolute Gasteiger partial charge is 0.449 e. The second-order valence-electron chi connectivity index (χ2n) is 10.6. The fraction of sp³-hybridized carbons (Fsp3) is 0.464. The molecule has 3 aromatic heterocycles. The van der Waals surface area contributed by atoms with Gasteiger partial charge in [0.25, 0.3) is 0 Å². The summed E-state index contributed by atoms with van der Waals surface area (Å²) in [6, 6.07) is 9.73. The lowest BCUT2D eigenvalue weighted by atomic mass is 9.80. The predicted molar refractivity (Wildman–Crippen MR) is 152 cm³/mol. The Hall–Kier alpha value is -3.41. The molecule has 206 valence electrons. The van der Waals surface area contributed by atoms with Crippen LogP contribution in [0.4, 0.5) is 16.4 Å². The number of anilines is 2. The lowest BCUT2D eigenvalue weighted by molar-refractivity contribution is -0.0199. The number of nitrogens with one attached hydrogen (secondary N) is 1. The first-order valence-electron chi connectivity index (χ1n) is 13.3. The minimum absolute atomic E-state index is 0.289. The molecule has 1 fully saturated rings. The number of carbonyl (C=O) groups is 1. The summed E-state index contributed by atoms with van der Waals surface area (Å²) >= 11 is 1.26. The van der Waals surface area contributed by atoms with E-state index in [2.05, 4.69) is 31.6 Å². The Morgan fingerprint density at radius 1 is 1.21 bits per heavy atom. The van der Waals surface area contributed by atoms with Gasteiger partial charge in [0.15, 0.2) is 5.82 Å². The van der Waals surface area contributed by atoms with Crippen LogP contribution in [0, 0.1) is 5.41 Å². The molecule has 1 amide bonds. The molecule has 0 bridgehead atoms. The quantitative estimate of drug-likeness (QED) is 0.215. The molecule has 5 N–H and O–H groups in total. The van der Waals surface area contributed by atoms with Gasteiger partial charge in [-0.2, -0.15) is 4.37 Å². The average Bonchev–Trinajstić information content (AvgIpc) is 3.46. The number of nitrogen functional groups attached to an aromatic ring is 1. The first-order chi connectivity index (χ1) is 18.8. The Bertz CT molecular complexity index is 1480. The topological polar surface area (TPSA) is 156 Å². The van der Waals surface area contributed by atoms with E-state index in [4.69, 9.17) is 10.5 Å². The second kappa shape index (κ2) is 11.4. The summed E-state index contributed by atoms with van der Waals surface area (Å²) < 4.78 is 9.62. The van der Waals surface area contributed by atoms with E-state index in [1.807, 2.05) is 31.2 Å². The van der Waals surface area contributed by atoms with E-state index in [9.17, 15) is 15.0 Å². The number of unbranched alkanes of at least 4 members (excludes halogenated alkanes) is 2. The van der Waals surface area contributed by atoms with E-state index in [0.29, 0.717) is 48.5 Å². The van der Waals surface area contributed by atoms with Gasteiger partial charge in [0.2, 0.25) is 0 Å². The zero-order chi connectivity index (χ0) is 27.6. The van der Waals surface area contributed by atoms with Crippen LogP contribution in [0.5, 0.6) is 0 Å². The number of hydrogen-bond donors (Lipinski definition) is 4. The average molecular weight is 551 g/mol. The summed E-state index contributed by atoms with van der Waals surface area (Å²) in [4.78, 5) is 25.9. The third-order valence-corrected chi connectivity index (χ3v) is 8.71. The third-order valence-electron chi connectivity index (χ3n) is 7.74. The second-order valence-corrected chi connectivity index (χ2v) is 11.4. The molecule has 39 heavy (non-hydrogen) atoms. The van der Waals surface area contributed by atoms with E-state index >= 15 is 0 Å². The van der Waals surface area contributed by atoms with Gasteiger partial charge in [-0.25, -0.2) is 19.7 Å². The van der Waals surface area contributed by atoms with Gasteiger partial charge in [-0.15, -0.1) is 0 Å². The summed E-state index contributed by atoms with van der Waals surface area (Å²) in [5.74, 6) is 0.457. The molecule has 1 saturated carbocycles. The van der Waals surface area contributed by atoms with Crippen molar-refractivity contribution < 1.29 is 19.7 Å². The third kappa shape index (κ3) is 5.66. The van der Waals surface area contributed by atoms with E-state index in [1.165, 1.54) is 17.9 Å². The van der Waals surface area contributed by atoms with Gasteiger partial charge >= 0.3 is 6.09 Å². The number of aryl methyl sites for hydroxylation is 1. The SMILES string of the molecule is CCCCCOC(=O)Nc1ccc2ccc(CC[C@@]3(C)C[C@@H](c4snc5c(N)ncnc45)[C@H](O)[C@@H]3O)cc2n1. The highest BCUT2D eigenvalue weighted by Crippen LogP contribution is 2.51. The molecule has 0 aliphatic heterocycles. The fourth-order valence-electron chi connectivity index (χ4n) is 5.39. The molecular weight excluding hydrogens is 516 g/mol. The van der Waals surface area contributed by atoms with Crippen molar-refractivity contribution >= 4 is 51.2 Å². The summed E-state index contributed by atoms with van der Waals surface area (Å²) in [7, 11) is 0. The summed E-state index contributed by atoms with van der Waals surface area (Å²) in [5.41, 5.74) is 8.44. The molecule has 0 spiro atoms. The molecule has 10 nitrogen and oxygen atoms in total. The van der Waals surface area contributed by atoms with Gasteiger partial charge in [0.1, 0.15) is 23.2 Å². The van der Waals surface area contributed by atoms with Crippen LogP contribution in [0.25, 0.3) is 21.9 Å². The first-order valence-corrected chi connectivity index (χ1v) is 14.1. The highest BCUT2D eigenvalue weighted by atomic mass is 32.1. The van der Waals surface area contributed by atoms with Crippen LogP contribution in [0.15, 0.2) is 36.7 Å². The van der Waals surface area contributed by atoms with E-state index in [1.54, 1.807) is 6.07 Å². The van der Waals surface area contributed by atoms with Gasteiger partial charge < -0.3 is 20.7 Å². The minimum atomic E-state index is -0.927. The predicted octanol–water partition coefficient (Wildman–Crippen LogP) is 4.80. The number of nitrogens with two attached hydrogens (primary N) is 1. The Balaban J connectivity index is 1.26. The molecule has 3 heterocycles. The van der Waals surface area contributed by atoms with Crippen molar-refractivity contribution in [2.45, 2.75) is 70.5 Å². The zero-order valence-corrected chi connectivity index (χ0v) is 22.9.